The van der Waals surface area contributed by atoms with Gasteiger partial charge in [0.05, 0.1) is 36.3 Å². The number of hydrogen-bond donors (Lipinski definition) is 2. The van der Waals surface area contributed by atoms with Gasteiger partial charge in [-0.2, -0.15) is 0 Å². The van der Waals surface area contributed by atoms with Crippen molar-refractivity contribution in [2.24, 2.45) is 0 Å². The number of rotatable bonds is 8. The first-order valence-corrected chi connectivity index (χ1v) is 13.7. The molecule has 0 spiro atoms. The molecule has 0 amide bonds. The van der Waals surface area contributed by atoms with E-state index in [-0.39, 0.29) is 12.1 Å². The summed E-state index contributed by atoms with van der Waals surface area (Å²) in [5.41, 5.74) is 6.58. The van der Waals surface area contributed by atoms with Gasteiger partial charge >= 0.3 is 0 Å². The first-order valence-electron chi connectivity index (χ1n) is 11.4. The topological polar surface area (TPSA) is 88.5 Å². The van der Waals surface area contributed by atoms with E-state index in [9.17, 15) is 8.42 Å². The fraction of sp³-hybridized carbons (Fsp3) is 0.360. The molecule has 1 aliphatic heterocycles. The van der Waals surface area contributed by atoms with Crippen LogP contribution in [0.4, 0.5) is 11.4 Å². The summed E-state index contributed by atoms with van der Waals surface area (Å²) in [5.74, 6) is 0. The smallest absolute Gasteiger partial charge is 0.229 e. The number of aryl methyl sites for hydroxylation is 2. The summed E-state index contributed by atoms with van der Waals surface area (Å²) in [4.78, 5) is 6.73. The Hall–Kier alpha value is -2.95. The van der Waals surface area contributed by atoms with Crippen LogP contribution >= 0.6 is 12.2 Å². The molecule has 0 saturated carbocycles. The molecule has 10 heteroatoms. The van der Waals surface area contributed by atoms with Crippen molar-refractivity contribution in [1.82, 2.24) is 14.9 Å². The van der Waals surface area contributed by atoms with E-state index < -0.39 is 10.0 Å². The van der Waals surface area contributed by atoms with Crippen molar-refractivity contribution in [1.29, 1.82) is 0 Å². The summed E-state index contributed by atoms with van der Waals surface area (Å²) in [5, 5.41) is 4.08. The van der Waals surface area contributed by atoms with Gasteiger partial charge in [-0.25, -0.2) is 8.42 Å². The molecule has 1 fully saturated rings. The van der Waals surface area contributed by atoms with Crippen LogP contribution in [0.3, 0.4) is 0 Å². The molecule has 3 heterocycles. The third-order valence-corrected chi connectivity index (χ3v) is 7.24. The summed E-state index contributed by atoms with van der Waals surface area (Å²) >= 11 is 5.84. The van der Waals surface area contributed by atoms with Gasteiger partial charge in [0.2, 0.25) is 10.0 Å². The van der Waals surface area contributed by atoms with Gasteiger partial charge in [-0.15, -0.1) is 0 Å². The van der Waals surface area contributed by atoms with Crippen LogP contribution in [0.15, 0.2) is 48.7 Å². The zero-order valence-corrected chi connectivity index (χ0v) is 22.2. The Labute approximate surface area is 212 Å². The lowest BCUT2D eigenvalue weighted by Gasteiger charge is -2.29. The van der Waals surface area contributed by atoms with Gasteiger partial charge in [0.1, 0.15) is 0 Å². The standard InChI is InChI=1S/C25H31N5O3S2/c1-16-14-19(9-10-21(16)28-35(5,31)32)30-24(20-15-17(2)29(18(20)3)12-13-33-4)23(27-25(30)34)22-8-6-7-11-26-22/h6-11,14-15,23-24,28H,12-13H2,1-5H3,(H,27,34)/t23-,24+/m0/s1. The van der Waals surface area contributed by atoms with Crippen molar-refractivity contribution in [3.63, 3.8) is 0 Å². The average Bonchev–Trinajstić information content (AvgIpc) is 3.29. The Morgan fingerprint density at radius 2 is 1.94 bits per heavy atom. The molecule has 3 aromatic rings. The molecule has 2 N–H and O–H groups in total. The maximum absolute atomic E-state index is 11.8. The highest BCUT2D eigenvalue weighted by atomic mass is 32.2. The second-order valence-electron chi connectivity index (χ2n) is 8.84. The van der Waals surface area contributed by atoms with Crippen molar-refractivity contribution in [3.05, 3.63) is 76.9 Å². The third-order valence-electron chi connectivity index (χ3n) is 6.33. The third kappa shape index (κ3) is 5.19. The van der Waals surface area contributed by atoms with Crippen LogP contribution < -0.4 is 14.9 Å². The Balaban J connectivity index is 1.82. The van der Waals surface area contributed by atoms with Crippen molar-refractivity contribution in [2.75, 3.05) is 29.6 Å². The van der Waals surface area contributed by atoms with Crippen LogP contribution in [0.25, 0.3) is 0 Å². The molecule has 186 valence electrons. The molecule has 4 rings (SSSR count). The number of nitrogens with zero attached hydrogens (tertiary/aromatic N) is 3. The molecule has 2 atom stereocenters. The molecule has 35 heavy (non-hydrogen) atoms. The van der Waals surface area contributed by atoms with Crippen LogP contribution in [0, 0.1) is 20.8 Å². The number of aromatic nitrogens is 2. The quantitative estimate of drug-likeness (QED) is 0.440. The number of benzene rings is 1. The summed E-state index contributed by atoms with van der Waals surface area (Å²) in [6, 6.07) is 13.4. The number of sulfonamides is 1. The fourth-order valence-corrected chi connectivity index (χ4v) is 5.69. The summed E-state index contributed by atoms with van der Waals surface area (Å²) < 4.78 is 33.7. The molecule has 0 bridgehead atoms. The Kier molecular flexibility index (Phi) is 7.16. The second-order valence-corrected chi connectivity index (χ2v) is 11.0. The highest BCUT2D eigenvalue weighted by molar-refractivity contribution is 7.92. The first-order chi connectivity index (χ1) is 16.6. The highest BCUT2D eigenvalue weighted by Gasteiger charge is 2.42. The zero-order chi connectivity index (χ0) is 25.3. The molecule has 0 aliphatic carbocycles. The van der Waals surface area contributed by atoms with Gasteiger partial charge < -0.3 is 19.5 Å². The summed E-state index contributed by atoms with van der Waals surface area (Å²) in [6.07, 6.45) is 2.93. The molecule has 1 aliphatic rings. The van der Waals surface area contributed by atoms with Crippen molar-refractivity contribution in [2.45, 2.75) is 39.4 Å². The number of pyridine rings is 1. The number of anilines is 2. The monoisotopic (exact) mass is 513 g/mol. The maximum atomic E-state index is 11.8. The predicted molar refractivity (Wildman–Crippen MR) is 143 cm³/mol. The molecule has 1 saturated heterocycles. The highest BCUT2D eigenvalue weighted by Crippen LogP contribution is 2.43. The van der Waals surface area contributed by atoms with Gasteiger partial charge in [0.25, 0.3) is 0 Å². The first kappa shape index (κ1) is 25.2. The average molecular weight is 514 g/mol. The Morgan fingerprint density at radius 3 is 2.57 bits per heavy atom. The fourth-order valence-electron chi connectivity index (χ4n) is 4.71. The van der Waals surface area contributed by atoms with E-state index >= 15 is 0 Å². The number of thiocarbonyl (C=S) groups is 1. The number of hydrogen-bond acceptors (Lipinski definition) is 5. The van der Waals surface area contributed by atoms with Crippen LogP contribution in [0.2, 0.25) is 0 Å². The van der Waals surface area contributed by atoms with Gasteiger partial charge in [0, 0.05) is 36.9 Å². The van der Waals surface area contributed by atoms with Gasteiger partial charge in [-0.1, -0.05) is 6.07 Å². The lowest BCUT2D eigenvalue weighted by Crippen LogP contribution is -2.29. The SMILES string of the molecule is COCCn1c(C)cc([C@@H]2[C@H](c3ccccn3)NC(=S)N2c2ccc(NS(C)(=O)=O)c(C)c2)c1C. The molecular weight excluding hydrogens is 482 g/mol. The van der Waals surface area contributed by atoms with Gasteiger partial charge in [-0.3, -0.25) is 9.71 Å². The number of nitrogens with one attached hydrogen (secondary N) is 2. The summed E-state index contributed by atoms with van der Waals surface area (Å²) in [6.45, 7) is 7.49. The van der Waals surface area contributed by atoms with Crippen molar-refractivity contribution >= 4 is 38.7 Å². The maximum Gasteiger partial charge on any atom is 0.229 e. The van der Waals surface area contributed by atoms with E-state index in [1.54, 1.807) is 19.4 Å². The Bertz CT molecular complexity index is 1340. The van der Waals surface area contributed by atoms with E-state index in [0.717, 1.165) is 46.7 Å². The number of ether oxygens (including phenoxy) is 1. The largest absolute Gasteiger partial charge is 0.383 e. The minimum atomic E-state index is -3.38. The van der Waals surface area contributed by atoms with Crippen molar-refractivity contribution < 1.29 is 13.2 Å². The van der Waals surface area contributed by atoms with Crippen LogP contribution in [0.5, 0.6) is 0 Å². The van der Waals surface area contributed by atoms with E-state index in [0.29, 0.717) is 17.4 Å². The second kappa shape index (κ2) is 9.96. The lowest BCUT2D eigenvalue weighted by molar-refractivity contribution is 0.186. The van der Waals surface area contributed by atoms with E-state index in [4.69, 9.17) is 17.0 Å². The molecule has 0 radical (unpaired) electrons. The predicted octanol–water partition coefficient (Wildman–Crippen LogP) is 4.00. The molecule has 8 nitrogen and oxygen atoms in total. The van der Waals surface area contributed by atoms with Crippen LogP contribution in [0.1, 0.15) is 40.3 Å². The van der Waals surface area contributed by atoms with Crippen molar-refractivity contribution in [3.8, 4) is 0 Å². The summed E-state index contributed by atoms with van der Waals surface area (Å²) in [7, 11) is -1.67. The molecular formula is C25H31N5O3S2. The molecule has 0 unspecified atom stereocenters. The van der Waals surface area contributed by atoms with Crippen LogP contribution in [-0.4, -0.2) is 43.1 Å². The molecule has 2 aromatic heterocycles. The van der Waals surface area contributed by atoms with Crippen LogP contribution in [-0.2, 0) is 21.3 Å². The zero-order valence-electron chi connectivity index (χ0n) is 20.6. The molecule has 1 aromatic carbocycles. The number of methoxy groups -OCH3 is 1. The van der Waals surface area contributed by atoms with Gasteiger partial charge in [0.15, 0.2) is 5.11 Å². The lowest BCUT2D eigenvalue weighted by atomic mass is 9.96. The minimum Gasteiger partial charge on any atom is -0.383 e. The van der Waals surface area contributed by atoms with E-state index in [1.807, 2.05) is 37.3 Å². The minimum absolute atomic E-state index is 0.145. The van der Waals surface area contributed by atoms with Gasteiger partial charge in [-0.05, 0) is 80.5 Å². The van der Waals surface area contributed by atoms with E-state index in [2.05, 4.69) is 44.4 Å². The Morgan fingerprint density at radius 1 is 1.17 bits per heavy atom. The normalized spacial score (nSPS) is 18.1. The van der Waals surface area contributed by atoms with E-state index in [1.165, 1.54) is 0 Å².